The lowest BCUT2D eigenvalue weighted by Crippen LogP contribution is -2.42. The van der Waals surface area contributed by atoms with Crippen LogP contribution < -0.4 is 10.6 Å². The van der Waals surface area contributed by atoms with Crippen LogP contribution in [0.2, 0.25) is 0 Å². The molecular weight excluding hydrogens is 226 g/mol. The van der Waals surface area contributed by atoms with E-state index >= 15 is 0 Å². The van der Waals surface area contributed by atoms with Crippen molar-refractivity contribution in [2.75, 3.05) is 26.2 Å². The summed E-state index contributed by atoms with van der Waals surface area (Å²) in [6.45, 7) is 2.08. The SMILES string of the molecule is CC(CCO)CNC(=O)CN1C(=O)CNC1=O. The van der Waals surface area contributed by atoms with Crippen molar-refractivity contribution in [1.29, 1.82) is 0 Å². The summed E-state index contributed by atoms with van der Waals surface area (Å²) < 4.78 is 0. The summed E-state index contributed by atoms with van der Waals surface area (Å²) in [5.74, 6) is -0.610. The monoisotopic (exact) mass is 243 g/mol. The molecule has 0 spiro atoms. The minimum atomic E-state index is -0.534. The Balaban J connectivity index is 2.29. The summed E-state index contributed by atoms with van der Waals surface area (Å²) in [7, 11) is 0. The summed E-state index contributed by atoms with van der Waals surface area (Å²) in [5, 5.41) is 13.6. The predicted molar refractivity (Wildman–Crippen MR) is 59.0 cm³/mol. The van der Waals surface area contributed by atoms with Gasteiger partial charge >= 0.3 is 6.03 Å². The van der Waals surface area contributed by atoms with Gasteiger partial charge in [-0.2, -0.15) is 0 Å². The molecule has 0 aromatic rings. The second kappa shape index (κ2) is 6.19. The quantitative estimate of drug-likeness (QED) is 0.503. The molecule has 1 aliphatic heterocycles. The van der Waals surface area contributed by atoms with Gasteiger partial charge in [-0.1, -0.05) is 6.92 Å². The molecule has 1 unspecified atom stereocenters. The zero-order chi connectivity index (χ0) is 12.8. The molecule has 1 saturated heterocycles. The molecule has 17 heavy (non-hydrogen) atoms. The van der Waals surface area contributed by atoms with Gasteiger partial charge < -0.3 is 15.7 Å². The maximum atomic E-state index is 11.5. The molecule has 0 saturated carbocycles. The molecule has 0 radical (unpaired) electrons. The highest BCUT2D eigenvalue weighted by Crippen LogP contribution is 2.00. The van der Waals surface area contributed by atoms with Crippen molar-refractivity contribution in [3.8, 4) is 0 Å². The highest BCUT2D eigenvalue weighted by molar-refractivity contribution is 6.04. The Morgan fingerprint density at radius 1 is 1.59 bits per heavy atom. The van der Waals surface area contributed by atoms with Gasteiger partial charge in [0.2, 0.25) is 5.91 Å². The molecule has 1 aliphatic rings. The van der Waals surface area contributed by atoms with Gasteiger partial charge in [0, 0.05) is 13.2 Å². The Bertz CT molecular complexity index is 303. The van der Waals surface area contributed by atoms with Gasteiger partial charge in [0.25, 0.3) is 5.91 Å². The summed E-state index contributed by atoms with van der Waals surface area (Å²) in [6, 6.07) is -0.534. The molecule has 0 aromatic heterocycles. The summed E-state index contributed by atoms with van der Waals surface area (Å²) in [6.07, 6.45) is 0.601. The number of aliphatic hydroxyl groups is 1. The van der Waals surface area contributed by atoms with Crippen LogP contribution in [0.4, 0.5) is 4.79 Å². The molecule has 3 N–H and O–H groups in total. The molecule has 1 heterocycles. The van der Waals surface area contributed by atoms with Crippen LogP contribution >= 0.6 is 0 Å². The second-order valence-electron chi connectivity index (χ2n) is 4.06. The molecule has 7 nitrogen and oxygen atoms in total. The maximum absolute atomic E-state index is 11.5. The van der Waals surface area contributed by atoms with Gasteiger partial charge in [0.1, 0.15) is 6.54 Å². The highest BCUT2D eigenvalue weighted by Gasteiger charge is 2.29. The van der Waals surface area contributed by atoms with Crippen LogP contribution in [0.5, 0.6) is 0 Å². The van der Waals surface area contributed by atoms with E-state index in [4.69, 9.17) is 5.11 Å². The lowest BCUT2D eigenvalue weighted by molar-refractivity contribution is -0.130. The molecule has 0 aliphatic carbocycles. The van der Waals surface area contributed by atoms with Crippen molar-refractivity contribution in [3.63, 3.8) is 0 Å². The number of aliphatic hydroxyl groups excluding tert-OH is 1. The molecule has 0 aromatic carbocycles. The Hall–Kier alpha value is -1.63. The van der Waals surface area contributed by atoms with Crippen molar-refractivity contribution in [1.82, 2.24) is 15.5 Å². The third kappa shape index (κ3) is 4.03. The van der Waals surface area contributed by atoms with Crippen molar-refractivity contribution < 1.29 is 19.5 Å². The first kappa shape index (κ1) is 13.4. The van der Waals surface area contributed by atoms with Gasteiger partial charge in [0.05, 0.1) is 6.54 Å². The Morgan fingerprint density at radius 3 is 2.82 bits per heavy atom. The minimum absolute atomic E-state index is 0.0486. The number of nitrogens with zero attached hydrogens (tertiary/aromatic N) is 1. The summed E-state index contributed by atoms with van der Waals surface area (Å²) in [5.41, 5.74) is 0. The van der Waals surface area contributed by atoms with Gasteiger partial charge in [-0.15, -0.1) is 0 Å². The van der Waals surface area contributed by atoms with Crippen LogP contribution in [-0.4, -0.2) is 54.1 Å². The van der Waals surface area contributed by atoms with Crippen LogP contribution in [0, 0.1) is 5.92 Å². The summed E-state index contributed by atoms with van der Waals surface area (Å²) in [4.78, 5) is 34.7. The number of amides is 4. The van der Waals surface area contributed by atoms with Crippen molar-refractivity contribution in [2.45, 2.75) is 13.3 Å². The minimum Gasteiger partial charge on any atom is -0.396 e. The molecule has 1 atom stereocenters. The number of urea groups is 1. The van der Waals surface area contributed by atoms with E-state index in [9.17, 15) is 14.4 Å². The number of imide groups is 1. The first-order chi connectivity index (χ1) is 8.04. The van der Waals surface area contributed by atoms with Crippen molar-refractivity contribution in [2.24, 2.45) is 5.92 Å². The Kier molecular flexibility index (Phi) is 4.89. The summed E-state index contributed by atoms with van der Waals surface area (Å²) >= 11 is 0. The first-order valence-corrected chi connectivity index (χ1v) is 5.50. The van der Waals surface area contributed by atoms with E-state index in [0.29, 0.717) is 13.0 Å². The molecule has 7 heteroatoms. The van der Waals surface area contributed by atoms with Gasteiger partial charge in [-0.25, -0.2) is 4.79 Å². The van der Waals surface area contributed by atoms with Gasteiger partial charge in [-0.05, 0) is 12.3 Å². The van der Waals surface area contributed by atoms with E-state index in [-0.39, 0.29) is 31.5 Å². The molecule has 1 rings (SSSR count). The number of nitrogens with one attached hydrogen (secondary N) is 2. The van der Waals surface area contributed by atoms with E-state index in [0.717, 1.165) is 4.90 Å². The number of rotatable bonds is 6. The number of carbonyl (C=O) groups is 3. The Morgan fingerprint density at radius 2 is 2.29 bits per heavy atom. The molecule has 96 valence electrons. The van der Waals surface area contributed by atoms with Crippen LogP contribution in [-0.2, 0) is 9.59 Å². The fourth-order valence-electron chi connectivity index (χ4n) is 1.43. The van der Waals surface area contributed by atoms with E-state index in [2.05, 4.69) is 10.6 Å². The fraction of sp³-hybridized carbons (Fsp3) is 0.700. The topological polar surface area (TPSA) is 98.7 Å². The van der Waals surface area contributed by atoms with E-state index in [1.807, 2.05) is 6.92 Å². The largest absolute Gasteiger partial charge is 0.396 e. The van der Waals surface area contributed by atoms with E-state index in [1.165, 1.54) is 0 Å². The van der Waals surface area contributed by atoms with Gasteiger partial charge in [0.15, 0.2) is 0 Å². The average molecular weight is 243 g/mol. The third-order valence-electron chi connectivity index (χ3n) is 2.51. The average Bonchev–Trinajstić information content (AvgIpc) is 2.58. The highest BCUT2D eigenvalue weighted by atomic mass is 16.3. The first-order valence-electron chi connectivity index (χ1n) is 5.50. The smallest absolute Gasteiger partial charge is 0.325 e. The Labute approximate surface area is 99.2 Å². The number of carbonyl (C=O) groups excluding carboxylic acids is 3. The van der Waals surface area contributed by atoms with Crippen molar-refractivity contribution >= 4 is 17.8 Å². The van der Waals surface area contributed by atoms with Crippen LogP contribution in [0.1, 0.15) is 13.3 Å². The standard InChI is InChI=1S/C10H17N3O4/c1-7(2-3-14)4-11-8(15)6-13-9(16)5-12-10(13)17/h7,14H,2-6H2,1H3,(H,11,15)(H,12,17). The lowest BCUT2D eigenvalue weighted by atomic mass is 10.1. The van der Waals surface area contributed by atoms with Crippen LogP contribution in [0.25, 0.3) is 0 Å². The normalized spacial score (nSPS) is 16.9. The number of hydrogen-bond donors (Lipinski definition) is 3. The third-order valence-corrected chi connectivity index (χ3v) is 2.51. The van der Waals surface area contributed by atoms with Gasteiger partial charge in [-0.3, -0.25) is 14.5 Å². The predicted octanol–water partition coefficient (Wildman–Crippen LogP) is -1.33. The van der Waals surface area contributed by atoms with Crippen molar-refractivity contribution in [3.05, 3.63) is 0 Å². The molecule has 0 bridgehead atoms. The molecule has 4 amide bonds. The fourth-order valence-corrected chi connectivity index (χ4v) is 1.43. The molecule has 1 fully saturated rings. The zero-order valence-electron chi connectivity index (χ0n) is 9.73. The zero-order valence-corrected chi connectivity index (χ0v) is 9.73. The van der Waals surface area contributed by atoms with E-state index in [1.54, 1.807) is 0 Å². The van der Waals surface area contributed by atoms with E-state index < -0.39 is 11.9 Å². The van der Waals surface area contributed by atoms with Crippen LogP contribution in [0.3, 0.4) is 0 Å². The number of hydrogen-bond acceptors (Lipinski definition) is 4. The second-order valence-corrected chi connectivity index (χ2v) is 4.06. The maximum Gasteiger partial charge on any atom is 0.325 e. The molecular formula is C10H17N3O4. The lowest BCUT2D eigenvalue weighted by Gasteiger charge is -2.14. The van der Waals surface area contributed by atoms with Crippen LogP contribution in [0.15, 0.2) is 0 Å².